The molecule has 9 heteroatoms. The minimum absolute atomic E-state index is 0.0701. The van der Waals surface area contributed by atoms with Crippen molar-refractivity contribution in [3.8, 4) is 11.5 Å². The molecule has 0 spiro atoms. The Morgan fingerprint density at radius 2 is 1.94 bits per heavy atom. The first-order chi connectivity index (χ1) is 17.0. The average Bonchev–Trinajstić information content (AvgIpc) is 3.32. The van der Waals surface area contributed by atoms with Crippen LogP contribution in [0.25, 0.3) is 10.2 Å². The second kappa shape index (κ2) is 12.0. The third-order valence-electron chi connectivity index (χ3n) is 6.07. The van der Waals surface area contributed by atoms with E-state index in [0.717, 1.165) is 44.0 Å². The summed E-state index contributed by atoms with van der Waals surface area (Å²) < 4.78 is 17.6. The van der Waals surface area contributed by atoms with Crippen LogP contribution in [0.2, 0.25) is 5.02 Å². The predicted octanol–water partition coefficient (Wildman–Crippen LogP) is 5.22. The van der Waals surface area contributed by atoms with E-state index in [0.29, 0.717) is 39.6 Å². The quantitative estimate of drug-likeness (QED) is 0.367. The van der Waals surface area contributed by atoms with Gasteiger partial charge in [-0.15, -0.1) is 0 Å². The molecule has 2 heterocycles. The van der Waals surface area contributed by atoms with E-state index in [1.807, 2.05) is 24.3 Å². The molecule has 3 aromatic rings. The molecule has 35 heavy (non-hydrogen) atoms. The molecule has 1 saturated heterocycles. The van der Waals surface area contributed by atoms with Gasteiger partial charge in [0.15, 0.2) is 11.7 Å². The highest BCUT2D eigenvalue weighted by molar-refractivity contribution is 7.23. The van der Waals surface area contributed by atoms with Gasteiger partial charge >= 0.3 is 0 Å². The predicted molar refractivity (Wildman–Crippen MR) is 141 cm³/mol. The lowest BCUT2D eigenvalue weighted by Gasteiger charge is -2.27. The Morgan fingerprint density at radius 3 is 2.63 bits per heavy atom. The summed E-state index contributed by atoms with van der Waals surface area (Å²) in [5.41, 5.74) is 1.89. The lowest BCUT2D eigenvalue weighted by atomic mass is 10.0. The van der Waals surface area contributed by atoms with Crippen molar-refractivity contribution in [3.63, 3.8) is 0 Å². The number of ether oxygens (including phenoxy) is 3. The van der Waals surface area contributed by atoms with Crippen LogP contribution in [0.15, 0.2) is 36.4 Å². The van der Waals surface area contributed by atoms with Gasteiger partial charge in [-0.25, -0.2) is 4.98 Å². The van der Waals surface area contributed by atoms with Crippen LogP contribution in [0.4, 0.5) is 5.13 Å². The number of rotatable bonds is 10. The molecular weight excluding hydrogens is 486 g/mol. The number of nitrogens with zero attached hydrogens (tertiary/aromatic N) is 3. The summed E-state index contributed by atoms with van der Waals surface area (Å²) in [7, 11) is 1.60. The van der Waals surface area contributed by atoms with Gasteiger partial charge in [0, 0.05) is 26.2 Å². The zero-order chi connectivity index (χ0) is 24.8. The molecule has 1 aromatic heterocycles. The van der Waals surface area contributed by atoms with Crippen LogP contribution in [0.5, 0.6) is 11.5 Å². The Kier molecular flexibility index (Phi) is 8.83. The molecule has 1 amide bonds. The van der Waals surface area contributed by atoms with Gasteiger partial charge in [-0.2, -0.15) is 0 Å². The molecule has 1 aliphatic rings. The number of amides is 1. The van der Waals surface area contributed by atoms with Gasteiger partial charge in [0.1, 0.15) is 17.0 Å². The normalized spacial score (nSPS) is 14.4. The SMILES string of the molecule is COc1ccc(Cl)c2sc(N(CCCN3CCOCC3)C(=O)COc3ccc(C(C)C)cc3)nc12. The minimum Gasteiger partial charge on any atom is -0.494 e. The van der Waals surface area contributed by atoms with Crippen molar-refractivity contribution < 1.29 is 19.0 Å². The van der Waals surface area contributed by atoms with Crippen molar-refractivity contribution in [2.75, 3.05) is 58.0 Å². The molecular formula is C26H32ClN3O4S. The number of carbonyl (C=O) groups excluding carboxylic acids is 1. The molecule has 0 saturated carbocycles. The van der Waals surface area contributed by atoms with E-state index in [9.17, 15) is 4.79 Å². The summed E-state index contributed by atoms with van der Waals surface area (Å²) in [6, 6.07) is 11.5. The van der Waals surface area contributed by atoms with Crippen LogP contribution in [0.3, 0.4) is 0 Å². The number of thiazole rings is 1. The van der Waals surface area contributed by atoms with Crippen LogP contribution in [-0.4, -0.2) is 68.9 Å². The Balaban J connectivity index is 1.50. The van der Waals surface area contributed by atoms with Crippen molar-refractivity contribution in [2.24, 2.45) is 0 Å². The summed E-state index contributed by atoms with van der Waals surface area (Å²) in [6.45, 7) is 8.98. The number of halogens is 1. The summed E-state index contributed by atoms with van der Waals surface area (Å²) in [4.78, 5) is 22.2. The first kappa shape index (κ1) is 25.7. The van der Waals surface area contributed by atoms with Crippen molar-refractivity contribution in [3.05, 3.63) is 47.0 Å². The number of anilines is 1. The fourth-order valence-electron chi connectivity index (χ4n) is 4.00. The summed E-state index contributed by atoms with van der Waals surface area (Å²) in [5, 5.41) is 1.18. The van der Waals surface area contributed by atoms with E-state index in [-0.39, 0.29) is 12.5 Å². The third-order valence-corrected chi connectivity index (χ3v) is 7.61. The first-order valence-corrected chi connectivity index (χ1v) is 13.1. The van der Waals surface area contributed by atoms with E-state index in [4.69, 9.17) is 30.8 Å². The Morgan fingerprint density at radius 1 is 1.20 bits per heavy atom. The third kappa shape index (κ3) is 6.44. The number of morpholine rings is 1. The first-order valence-electron chi connectivity index (χ1n) is 11.9. The van der Waals surface area contributed by atoms with Crippen LogP contribution in [-0.2, 0) is 9.53 Å². The molecule has 4 rings (SSSR count). The summed E-state index contributed by atoms with van der Waals surface area (Å²) in [6.07, 6.45) is 0.815. The van der Waals surface area contributed by atoms with Crippen molar-refractivity contribution in [1.29, 1.82) is 0 Å². The number of hydrogen-bond donors (Lipinski definition) is 0. The van der Waals surface area contributed by atoms with Crippen molar-refractivity contribution in [1.82, 2.24) is 9.88 Å². The molecule has 0 unspecified atom stereocenters. The molecule has 0 atom stereocenters. The fourth-order valence-corrected chi connectivity index (χ4v) is 5.30. The highest BCUT2D eigenvalue weighted by Crippen LogP contribution is 2.38. The second-order valence-corrected chi connectivity index (χ2v) is 10.2. The van der Waals surface area contributed by atoms with Gasteiger partial charge < -0.3 is 14.2 Å². The lowest BCUT2D eigenvalue weighted by Crippen LogP contribution is -2.40. The van der Waals surface area contributed by atoms with Gasteiger partial charge in [0.05, 0.1) is 30.0 Å². The maximum Gasteiger partial charge on any atom is 0.266 e. The molecule has 2 aromatic carbocycles. The standard InChI is InChI=1S/C26H32ClN3O4S/c1-18(2)19-5-7-20(8-6-19)34-17-23(31)30(12-4-11-29-13-15-33-16-14-29)26-28-24-22(32-3)10-9-21(27)25(24)35-26/h5-10,18H,4,11-17H2,1-3H3. The summed E-state index contributed by atoms with van der Waals surface area (Å²) in [5.74, 6) is 1.60. The van der Waals surface area contributed by atoms with E-state index < -0.39 is 0 Å². The van der Waals surface area contributed by atoms with E-state index in [1.165, 1.54) is 16.9 Å². The molecule has 0 aliphatic carbocycles. The number of aromatic nitrogens is 1. The molecule has 0 bridgehead atoms. The highest BCUT2D eigenvalue weighted by Gasteiger charge is 2.23. The van der Waals surface area contributed by atoms with Gasteiger partial charge in [-0.3, -0.25) is 14.6 Å². The molecule has 0 N–H and O–H groups in total. The van der Waals surface area contributed by atoms with E-state index in [2.05, 4.69) is 18.7 Å². The van der Waals surface area contributed by atoms with Crippen LogP contribution < -0.4 is 14.4 Å². The zero-order valence-electron chi connectivity index (χ0n) is 20.5. The molecule has 7 nitrogen and oxygen atoms in total. The molecule has 188 valence electrons. The average molecular weight is 518 g/mol. The van der Waals surface area contributed by atoms with Gasteiger partial charge in [-0.05, 0) is 42.2 Å². The molecule has 0 radical (unpaired) electrons. The van der Waals surface area contributed by atoms with Crippen LogP contribution in [0, 0.1) is 0 Å². The van der Waals surface area contributed by atoms with Crippen molar-refractivity contribution >= 4 is 44.2 Å². The Bertz CT molecular complexity index is 1130. The lowest BCUT2D eigenvalue weighted by molar-refractivity contribution is -0.120. The Labute approximate surface area is 215 Å². The van der Waals surface area contributed by atoms with Crippen LogP contribution >= 0.6 is 22.9 Å². The number of benzene rings is 2. The maximum atomic E-state index is 13.4. The van der Waals surface area contributed by atoms with Gasteiger partial charge in [0.25, 0.3) is 5.91 Å². The van der Waals surface area contributed by atoms with Gasteiger partial charge in [0.2, 0.25) is 0 Å². The van der Waals surface area contributed by atoms with Crippen LogP contribution in [0.1, 0.15) is 31.7 Å². The minimum atomic E-state index is -0.144. The van der Waals surface area contributed by atoms with Gasteiger partial charge in [-0.1, -0.05) is 48.9 Å². The summed E-state index contributed by atoms with van der Waals surface area (Å²) >= 11 is 7.83. The maximum absolute atomic E-state index is 13.4. The largest absolute Gasteiger partial charge is 0.494 e. The highest BCUT2D eigenvalue weighted by atomic mass is 35.5. The Hall–Kier alpha value is -2.39. The smallest absolute Gasteiger partial charge is 0.266 e. The van der Waals surface area contributed by atoms with E-state index in [1.54, 1.807) is 24.1 Å². The number of methoxy groups -OCH3 is 1. The molecule has 1 fully saturated rings. The second-order valence-electron chi connectivity index (χ2n) is 8.79. The number of fused-ring (bicyclic) bond motifs is 1. The van der Waals surface area contributed by atoms with E-state index >= 15 is 0 Å². The number of carbonyl (C=O) groups is 1. The fraction of sp³-hybridized carbons (Fsp3) is 0.462. The van der Waals surface area contributed by atoms with Crippen molar-refractivity contribution in [2.45, 2.75) is 26.2 Å². The molecule has 1 aliphatic heterocycles. The number of hydrogen-bond acceptors (Lipinski definition) is 7. The topological polar surface area (TPSA) is 64.1 Å². The monoisotopic (exact) mass is 517 g/mol. The zero-order valence-corrected chi connectivity index (χ0v) is 22.0.